The zero-order chi connectivity index (χ0) is 16.6. The van der Waals surface area contributed by atoms with Gasteiger partial charge >= 0.3 is 6.61 Å². The minimum atomic E-state index is -2.89. The summed E-state index contributed by atoms with van der Waals surface area (Å²) < 4.78 is 33.7. The van der Waals surface area contributed by atoms with Gasteiger partial charge in [-0.1, -0.05) is 34.1 Å². The van der Waals surface area contributed by atoms with Gasteiger partial charge in [0.1, 0.15) is 5.75 Å². The zero-order valence-corrected chi connectivity index (χ0v) is 13.8. The van der Waals surface area contributed by atoms with Gasteiger partial charge in [0.15, 0.2) is 0 Å². The lowest BCUT2D eigenvalue weighted by atomic mass is 10.2. The Morgan fingerprint density at radius 2 is 1.96 bits per heavy atom. The zero-order valence-electron chi connectivity index (χ0n) is 12.2. The Hall–Kier alpha value is -2.15. The van der Waals surface area contributed by atoms with E-state index in [0.717, 1.165) is 9.99 Å². The molecule has 0 aliphatic heterocycles. The number of rotatable bonds is 4. The van der Waals surface area contributed by atoms with Gasteiger partial charge in [0, 0.05) is 17.1 Å². The molecule has 23 heavy (non-hydrogen) atoms. The predicted molar refractivity (Wildman–Crippen MR) is 87.1 cm³/mol. The maximum Gasteiger partial charge on any atom is 0.387 e. The summed E-state index contributed by atoms with van der Waals surface area (Å²) in [5.74, 6) is 0.104. The van der Waals surface area contributed by atoms with Crippen LogP contribution >= 0.6 is 15.9 Å². The van der Waals surface area contributed by atoms with E-state index >= 15 is 0 Å². The van der Waals surface area contributed by atoms with Gasteiger partial charge in [0.25, 0.3) is 5.56 Å². The number of nitrogens with zero attached hydrogens (tertiary/aromatic N) is 2. The predicted octanol–water partition coefficient (Wildman–Crippen LogP) is 3.75. The van der Waals surface area contributed by atoms with Gasteiger partial charge in [0.05, 0.1) is 17.4 Å². The molecule has 120 valence electrons. The van der Waals surface area contributed by atoms with Gasteiger partial charge in [-0.3, -0.25) is 14.2 Å². The number of aromatic nitrogens is 2. The third kappa shape index (κ3) is 3.01. The van der Waals surface area contributed by atoms with Crippen molar-refractivity contribution in [3.63, 3.8) is 0 Å². The maximum atomic E-state index is 12.5. The summed E-state index contributed by atoms with van der Waals surface area (Å²) in [6, 6.07) is 11.9. The highest BCUT2D eigenvalue weighted by Crippen LogP contribution is 2.24. The average Bonchev–Trinajstić information content (AvgIpc) is 2.73. The molecule has 0 saturated carbocycles. The Kier molecular flexibility index (Phi) is 4.21. The van der Waals surface area contributed by atoms with E-state index in [-0.39, 0.29) is 17.9 Å². The van der Waals surface area contributed by atoms with Crippen molar-refractivity contribution in [1.29, 1.82) is 0 Å². The molecule has 7 heteroatoms. The van der Waals surface area contributed by atoms with Crippen molar-refractivity contribution in [3.8, 4) is 5.75 Å². The van der Waals surface area contributed by atoms with Gasteiger partial charge in [0.2, 0.25) is 0 Å². The lowest BCUT2D eigenvalue weighted by molar-refractivity contribution is -0.0505. The normalized spacial score (nSPS) is 11.3. The first-order valence-corrected chi connectivity index (χ1v) is 7.64. The molecule has 0 aliphatic carbocycles. The third-order valence-electron chi connectivity index (χ3n) is 3.63. The molecule has 0 amide bonds. The molecule has 0 aliphatic rings. The monoisotopic (exact) mass is 382 g/mol. The number of ether oxygens (including phenoxy) is 1. The van der Waals surface area contributed by atoms with E-state index in [9.17, 15) is 13.6 Å². The van der Waals surface area contributed by atoms with Crippen molar-refractivity contribution in [3.05, 3.63) is 62.9 Å². The van der Waals surface area contributed by atoms with Crippen LogP contribution in [-0.4, -0.2) is 16.0 Å². The van der Waals surface area contributed by atoms with Crippen LogP contribution in [0.3, 0.4) is 0 Å². The van der Waals surface area contributed by atoms with E-state index in [1.807, 2.05) is 6.07 Å². The number of fused-ring (bicyclic) bond motifs is 1. The third-order valence-corrected chi connectivity index (χ3v) is 4.13. The van der Waals surface area contributed by atoms with E-state index in [4.69, 9.17) is 0 Å². The van der Waals surface area contributed by atoms with Crippen LogP contribution < -0.4 is 10.3 Å². The van der Waals surface area contributed by atoms with Crippen molar-refractivity contribution in [2.24, 2.45) is 7.05 Å². The van der Waals surface area contributed by atoms with Crippen LogP contribution in [0.15, 0.2) is 51.7 Å². The van der Waals surface area contributed by atoms with Crippen molar-refractivity contribution in [2.75, 3.05) is 0 Å². The summed E-state index contributed by atoms with van der Waals surface area (Å²) in [5, 5.41) is 0.572. The quantitative estimate of drug-likeness (QED) is 0.688. The Labute approximate surface area is 139 Å². The van der Waals surface area contributed by atoms with Crippen LogP contribution in [0.1, 0.15) is 5.56 Å². The Balaban J connectivity index is 2.11. The van der Waals surface area contributed by atoms with Crippen molar-refractivity contribution in [1.82, 2.24) is 9.36 Å². The molecule has 0 atom stereocenters. The van der Waals surface area contributed by atoms with Crippen LogP contribution in [0.5, 0.6) is 5.75 Å². The highest BCUT2D eigenvalue weighted by molar-refractivity contribution is 9.10. The fourth-order valence-electron chi connectivity index (χ4n) is 2.54. The molecule has 1 heterocycles. The fourth-order valence-corrected chi connectivity index (χ4v) is 2.89. The van der Waals surface area contributed by atoms with E-state index in [1.54, 1.807) is 42.1 Å². The standard InChI is InChI=1S/C16H13BrF2N2O2/c1-20-15(22)12-7-6-11(17)8-13(12)21(20)9-10-4-2-3-5-14(10)23-16(18)19/h2-8,16H,9H2,1H3. The molecular weight excluding hydrogens is 370 g/mol. The molecule has 0 spiro atoms. The largest absolute Gasteiger partial charge is 0.434 e. The Bertz CT molecular complexity index is 918. The number of benzene rings is 2. The van der Waals surface area contributed by atoms with E-state index in [0.29, 0.717) is 10.9 Å². The Morgan fingerprint density at radius 3 is 2.70 bits per heavy atom. The van der Waals surface area contributed by atoms with Crippen LogP contribution in [0, 0.1) is 0 Å². The first-order chi connectivity index (χ1) is 11.0. The van der Waals surface area contributed by atoms with Crippen LogP contribution in [0.2, 0.25) is 0 Å². The molecular formula is C16H13BrF2N2O2. The van der Waals surface area contributed by atoms with Gasteiger partial charge in [-0.15, -0.1) is 0 Å². The van der Waals surface area contributed by atoms with Crippen molar-refractivity contribution < 1.29 is 13.5 Å². The molecule has 0 bridgehead atoms. The number of hydrogen-bond acceptors (Lipinski definition) is 2. The minimum absolute atomic E-state index is 0.104. The molecule has 2 aromatic carbocycles. The van der Waals surface area contributed by atoms with E-state index in [1.165, 1.54) is 10.7 Å². The van der Waals surface area contributed by atoms with Crippen LogP contribution in [-0.2, 0) is 13.6 Å². The number of hydrogen-bond donors (Lipinski definition) is 0. The first kappa shape index (κ1) is 15.7. The van der Waals surface area contributed by atoms with Gasteiger partial charge in [-0.2, -0.15) is 8.78 Å². The van der Waals surface area contributed by atoms with E-state index in [2.05, 4.69) is 20.7 Å². The summed E-state index contributed by atoms with van der Waals surface area (Å²) in [6.45, 7) is -2.65. The molecule has 1 aromatic heterocycles. The highest BCUT2D eigenvalue weighted by atomic mass is 79.9. The molecule has 0 unspecified atom stereocenters. The number of alkyl halides is 2. The number of halogens is 3. The number of para-hydroxylation sites is 1. The summed E-state index contributed by atoms with van der Waals surface area (Å²) in [7, 11) is 1.65. The molecule has 3 aromatic rings. The minimum Gasteiger partial charge on any atom is -0.434 e. The second-order valence-electron chi connectivity index (χ2n) is 5.03. The summed E-state index contributed by atoms with van der Waals surface area (Å²) in [4.78, 5) is 12.3. The van der Waals surface area contributed by atoms with Gasteiger partial charge in [-0.25, -0.2) is 0 Å². The lowest BCUT2D eigenvalue weighted by Gasteiger charge is -2.13. The molecule has 0 fully saturated rings. The molecule has 3 rings (SSSR count). The highest BCUT2D eigenvalue weighted by Gasteiger charge is 2.14. The topological polar surface area (TPSA) is 36.2 Å². The second kappa shape index (κ2) is 6.16. The smallest absolute Gasteiger partial charge is 0.387 e. The van der Waals surface area contributed by atoms with Crippen molar-refractivity contribution in [2.45, 2.75) is 13.2 Å². The first-order valence-electron chi connectivity index (χ1n) is 6.85. The van der Waals surface area contributed by atoms with Gasteiger partial charge < -0.3 is 4.74 Å². The van der Waals surface area contributed by atoms with Crippen LogP contribution in [0.25, 0.3) is 10.9 Å². The van der Waals surface area contributed by atoms with Gasteiger partial charge in [-0.05, 0) is 24.3 Å². The molecule has 0 N–H and O–H groups in total. The fraction of sp³-hybridized carbons (Fsp3) is 0.188. The molecule has 0 saturated heterocycles. The summed E-state index contributed by atoms with van der Waals surface area (Å²) in [6.07, 6.45) is 0. The van der Waals surface area contributed by atoms with E-state index < -0.39 is 6.61 Å². The lowest BCUT2D eigenvalue weighted by Crippen LogP contribution is -2.20. The van der Waals surface area contributed by atoms with Crippen LogP contribution in [0.4, 0.5) is 8.78 Å². The molecule has 4 nitrogen and oxygen atoms in total. The summed E-state index contributed by atoms with van der Waals surface area (Å²) in [5.41, 5.74) is 1.15. The average molecular weight is 383 g/mol. The SMILES string of the molecule is Cn1c(=O)c2ccc(Br)cc2n1Cc1ccccc1OC(F)F. The summed E-state index contributed by atoms with van der Waals surface area (Å²) >= 11 is 3.38. The molecule has 0 radical (unpaired) electrons. The second-order valence-corrected chi connectivity index (χ2v) is 5.95. The maximum absolute atomic E-state index is 12.5. The Morgan fingerprint density at radius 1 is 1.22 bits per heavy atom. The van der Waals surface area contributed by atoms with Crippen molar-refractivity contribution >= 4 is 26.8 Å².